The zero-order valence-corrected chi connectivity index (χ0v) is 11.5. The number of aromatic nitrogens is 2. The molecule has 4 heteroatoms. The number of nitrogens with two attached hydrogens (primary N) is 1. The molecule has 1 heterocycles. The van der Waals surface area contributed by atoms with Crippen molar-refractivity contribution in [3.63, 3.8) is 0 Å². The fourth-order valence-corrected chi connectivity index (χ4v) is 1.31. The van der Waals surface area contributed by atoms with Crippen molar-refractivity contribution in [3.05, 3.63) is 11.4 Å². The summed E-state index contributed by atoms with van der Waals surface area (Å²) in [7, 11) is 0. The van der Waals surface area contributed by atoms with E-state index in [1.54, 1.807) is 0 Å². The first-order valence-corrected chi connectivity index (χ1v) is 6.09. The van der Waals surface area contributed by atoms with Crippen molar-refractivity contribution in [1.82, 2.24) is 9.97 Å². The van der Waals surface area contributed by atoms with Crippen LogP contribution in [0.1, 0.15) is 45.5 Å². The van der Waals surface area contributed by atoms with Gasteiger partial charge in [-0.25, -0.2) is 4.98 Å². The molecule has 0 fully saturated rings. The van der Waals surface area contributed by atoms with E-state index >= 15 is 0 Å². The molecule has 0 bridgehead atoms. The summed E-state index contributed by atoms with van der Waals surface area (Å²) in [5.41, 5.74) is 6.92. The number of ether oxygens (including phenoxy) is 1. The van der Waals surface area contributed by atoms with Crippen LogP contribution in [0.25, 0.3) is 0 Å². The molecule has 0 spiro atoms. The van der Waals surface area contributed by atoms with Gasteiger partial charge in [-0.05, 0) is 18.8 Å². The number of rotatable bonds is 4. The lowest BCUT2D eigenvalue weighted by molar-refractivity contribution is 0.234. The summed E-state index contributed by atoms with van der Waals surface area (Å²) in [5, 5.41) is 0. The molecule has 0 unspecified atom stereocenters. The Morgan fingerprint density at radius 2 is 1.88 bits per heavy atom. The van der Waals surface area contributed by atoms with Crippen LogP contribution in [0.4, 0.5) is 5.82 Å². The Balaban J connectivity index is 2.73. The Bertz CT molecular complexity index is 383. The number of hydrogen-bond donors (Lipinski definition) is 1. The molecule has 17 heavy (non-hydrogen) atoms. The molecule has 0 radical (unpaired) electrons. The van der Waals surface area contributed by atoms with Gasteiger partial charge in [0.05, 0.1) is 12.2 Å². The molecule has 0 aliphatic rings. The highest BCUT2D eigenvalue weighted by atomic mass is 16.5. The Hall–Kier alpha value is -1.32. The highest BCUT2D eigenvalue weighted by Crippen LogP contribution is 2.22. The second kappa shape index (κ2) is 5.34. The van der Waals surface area contributed by atoms with E-state index < -0.39 is 0 Å². The Labute approximate surface area is 104 Å². The predicted octanol–water partition coefficient (Wildman–Crippen LogP) is 2.74. The van der Waals surface area contributed by atoms with E-state index in [-0.39, 0.29) is 5.41 Å². The standard InChI is InChI=1S/C13H23N3O/c1-6-10-15-11(14)9(2)12(16-10)17-8-7-13(3,4)5/h6-8H2,1-5H3,(H2,14,15,16). The molecule has 0 aliphatic carbocycles. The van der Waals surface area contributed by atoms with Crippen molar-refractivity contribution in [2.24, 2.45) is 5.41 Å². The van der Waals surface area contributed by atoms with E-state index in [2.05, 4.69) is 30.7 Å². The van der Waals surface area contributed by atoms with E-state index in [1.165, 1.54) is 0 Å². The largest absolute Gasteiger partial charge is 0.477 e. The third kappa shape index (κ3) is 4.21. The van der Waals surface area contributed by atoms with Gasteiger partial charge in [0.25, 0.3) is 0 Å². The number of anilines is 1. The quantitative estimate of drug-likeness (QED) is 0.874. The normalized spacial score (nSPS) is 11.6. The maximum atomic E-state index is 5.82. The summed E-state index contributed by atoms with van der Waals surface area (Å²) in [6, 6.07) is 0. The Morgan fingerprint density at radius 3 is 2.41 bits per heavy atom. The first-order chi connectivity index (χ1) is 7.83. The topological polar surface area (TPSA) is 61.0 Å². The van der Waals surface area contributed by atoms with E-state index in [1.807, 2.05) is 13.8 Å². The van der Waals surface area contributed by atoms with Crippen molar-refractivity contribution in [2.75, 3.05) is 12.3 Å². The van der Waals surface area contributed by atoms with E-state index in [0.717, 1.165) is 24.2 Å². The molecule has 0 amide bonds. The zero-order chi connectivity index (χ0) is 13.1. The zero-order valence-electron chi connectivity index (χ0n) is 11.5. The molecular weight excluding hydrogens is 214 g/mol. The lowest BCUT2D eigenvalue weighted by Crippen LogP contribution is -2.13. The van der Waals surface area contributed by atoms with Crippen LogP contribution in [0, 0.1) is 12.3 Å². The van der Waals surface area contributed by atoms with Crippen LogP contribution < -0.4 is 10.5 Å². The van der Waals surface area contributed by atoms with Crippen LogP contribution in [0.15, 0.2) is 0 Å². The highest BCUT2D eigenvalue weighted by molar-refractivity contribution is 5.44. The first-order valence-electron chi connectivity index (χ1n) is 6.09. The molecule has 4 nitrogen and oxygen atoms in total. The molecule has 0 atom stereocenters. The average Bonchev–Trinajstić information content (AvgIpc) is 2.22. The van der Waals surface area contributed by atoms with Gasteiger partial charge >= 0.3 is 0 Å². The van der Waals surface area contributed by atoms with E-state index in [0.29, 0.717) is 18.3 Å². The number of nitrogen functional groups attached to an aromatic ring is 1. The molecule has 2 N–H and O–H groups in total. The van der Waals surface area contributed by atoms with Crippen LogP contribution in [-0.2, 0) is 6.42 Å². The summed E-state index contributed by atoms with van der Waals surface area (Å²) in [6.07, 6.45) is 1.75. The maximum Gasteiger partial charge on any atom is 0.221 e. The average molecular weight is 237 g/mol. The minimum absolute atomic E-state index is 0.264. The SMILES string of the molecule is CCc1nc(N)c(C)c(OCCC(C)(C)C)n1. The van der Waals surface area contributed by atoms with Gasteiger partial charge < -0.3 is 10.5 Å². The van der Waals surface area contributed by atoms with Crippen LogP contribution in [-0.4, -0.2) is 16.6 Å². The minimum atomic E-state index is 0.264. The summed E-state index contributed by atoms with van der Waals surface area (Å²) in [5.74, 6) is 1.88. The predicted molar refractivity (Wildman–Crippen MR) is 70.1 cm³/mol. The first kappa shape index (κ1) is 13.7. The summed E-state index contributed by atoms with van der Waals surface area (Å²) in [6.45, 7) is 11.1. The van der Waals surface area contributed by atoms with Crippen LogP contribution in [0.5, 0.6) is 5.88 Å². The highest BCUT2D eigenvalue weighted by Gasteiger charge is 2.13. The van der Waals surface area contributed by atoms with Crippen LogP contribution >= 0.6 is 0 Å². The fourth-order valence-electron chi connectivity index (χ4n) is 1.31. The van der Waals surface area contributed by atoms with Gasteiger partial charge in [-0.15, -0.1) is 0 Å². The minimum Gasteiger partial charge on any atom is -0.477 e. The summed E-state index contributed by atoms with van der Waals surface area (Å²) >= 11 is 0. The third-order valence-corrected chi connectivity index (χ3v) is 2.59. The van der Waals surface area contributed by atoms with Crippen molar-refractivity contribution >= 4 is 5.82 Å². The fraction of sp³-hybridized carbons (Fsp3) is 0.692. The molecule has 0 saturated heterocycles. The number of aryl methyl sites for hydroxylation is 1. The monoisotopic (exact) mass is 237 g/mol. The third-order valence-electron chi connectivity index (χ3n) is 2.59. The van der Waals surface area contributed by atoms with E-state index in [4.69, 9.17) is 10.5 Å². The molecular formula is C13H23N3O. The molecule has 0 saturated carbocycles. The van der Waals surface area contributed by atoms with Crippen molar-refractivity contribution in [1.29, 1.82) is 0 Å². The van der Waals surface area contributed by atoms with Gasteiger partial charge in [-0.2, -0.15) is 4.98 Å². The number of nitrogens with zero attached hydrogens (tertiary/aromatic N) is 2. The molecule has 0 aliphatic heterocycles. The summed E-state index contributed by atoms with van der Waals surface area (Å²) in [4.78, 5) is 8.55. The molecule has 1 aromatic rings. The Morgan fingerprint density at radius 1 is 1.24 bits per heavy atom. The maximum absolute atomic E-state index is 5.82. The summed E-state index contributed by atoms with van der Waals surface area (Å²) < 4.78 is 5.71. The number of hydrogen-bond acceptors (Lipinski definition) is 4. The smallest absolute Gasteiger partial charge is 0.221 e. The van der Waals surface area contributed by atoms with E-state index in [9.17, 15) is 0 Å². The van der Waals surface area contributed by atoms with Crippen molar-refractivity contribution < 1.29 is 4.74 Å². The Kier molecular flexibility index (Phi) is 4.32. The van der Waals surface area contributed by atoms with Gasteiger partial charge in [0.1, 0.15) is 11.6 Å². The van der Waals surface area contributed by atoms with Gasteiger partial charge in [0.2, 0.25) is 5.88 Å². The van der Waals surface area contributed by atoms with Crippen molar-refractivity contribution in [2.45, 2.75) is 47.5 Å². The van der Waals surface area contributed by atoms with Crippen LogP contribution in [0.3, 0.4) is 0 Å². The molecule has 1 aromatic heterocycles. The van der Waals surface area contributed by atoms with Crippen molar-refractivity contribution in [3.8, 4) is 5.88 Å². The van der Waals surface area contributed by atoms with Gasteiger partial charge in [0.15, 0.2) is 0 Å². The molecule has 0 aromatic carbocycles. The lowest BCUT2D eigenvalue weighted by atomic mass is 9.93. The van der Waals surface area contributed by atoms with Crippen LogP contribution in [0.2, 0.25) is 0 Å². The molecule has 1 rings (SSSR count). The van der Waals surface area contributed by atoms with Gasteiger partial charge in [-0.3, -0.25) is 0 Å². The molecule has 96 valence electrons. The second-order valence-corrected chi connectivity index (χ2v) is 5.47. The second-order valence-electron chi connectivity index (χ2n) is 5.47. The van der Waals surface area contributed by atoms with Gasteiger partial charge in [0, 0.05) is 6.42 Å². The van der Waals surface area contributed by atoms with Gasteiger partial charge in [-0.1, -0.05) is 27.7 Å². The lowest BCUT2D eigenvalue weighted by Gasteiger charge is -2.18.